The highest BCUT2D eigenvalue weighted by Crippen LogP contribution is 2.12. The molecule has 0 fully saturated rings. The van der Waals surface area contributed by atoms with Crippen LogP contribution in [0.25, 0.3) is 0 Å². The molecule has 1 aromatic rings. The molecule has 4 heteroatoms. The predicted octanol–water partition coefficient (Wildman–Crippen LogP) is 1.23. The second-order valence-electron chi connectivity index (χ2n) is 2.60. The molecule has 0 aromatic heterocycles. The van der Waals surface area contributed by atoms with Crippen LogP contribution >= 0.6 is 12.2 Å². The molecule has 3 nitrogen and oxygen atoms in total. The number of nitrogens with one attached hydrogen (secondary N) is 2. The average Bonchev–Trinajstić information content (AvgIpc) is 2.09. The number of hydrogen-bond donors (Lipinski definition) is 3. The highest BCUT2D eigenvalue weighted by atomic mass is 32.1. The molecule has 0 aliphatic heterocycles. The van der Waals surface area contributed by atoms with E-state index in [4.69, 9.17) is 17.3 Å². The number of aryl methyl sites for hydroxylation is 1. The van der Waals surface area contributed by atoms with Crippen molar-refractivity contribution in [3.05, 3.63) is 29.8 Å². The molecule has 0 bridgehead atoms. The summed E-state index contributed by atoms with van der Waals surface area (Å²) in [7, 11) is 0. The molecule has 0 aliphatic carbocycles. The molecular formula is C9H12N2OS. The molecule has 3 N–H and O–H groups in total. The fourth-order valence-electron chi connectivity index (χ4n) is 0.951. The van der Waals surface area contributed by atoms with Crippen molar-refractivity contribution in [1.82, 2.24) is 5.32 Å². The highest BCUT2D eigenvalue weighted by molar-refractivity contribution is 7.80. The van der Waals surface area contributed by atoms with Gasteiger partial charge in [0.1, 0.15) is 6.73 Å². The van der Waals surface area contributed by atoms with E-state index in [-0.39, 0.29) is 6.73 Å². The molecule has 0 unspecified atom stereocenters. The molecule has 0 aliphatic rings. The molecule has 70 valence electrons. The third-order valence-electron chi connectivity index (χ3n) is 1.63. The van der Waals surface area contributed by atoms with Crippen molar-refractivity contribution in [2.75, 3.05) is 12.0 Å². The van der Waals surface area contributed by atoms with Crippen LogP contribution in [0, 0.1) is 6.92 Å². The number of aliphatic hydroxyl groups excluding tert-OH is 1. The Kier molecular flexibility index (Phi) is 3.67. The van der Waals surface area contributed by atoms with Gasteiger partial charge in [-0.3, -0.25) is 0 Å². The maximum atomic E-state index is 8.55. The zero-order valence-corrected chi connectivity index (χ0v) is 8.19. The second-order valence-corrected chi connectivity index (χ2v) is 3.01. The Balaban J connectivity index is 2.63. The Labute approximate surface area is 82.8 Å². The number of aliphatic hydroxyl groups is 1. The Morgan fingerprint density at radius 1 is 1.46 bits per heavy atom. The van der Waals surface area contributed by atoms with E-state index < -0.39 is 0 Å². The van der Waals surface area contributed by atoms with Gasteiger partial charge in [0.15, 0.2) is 5.11 Å². The van der Waals surface area contributed by atoms with Crippen LogP contribution in [0.3, 0.4) is 0 Å². The molecule has 0 heterocycles. The monoisotopic (exact) mass is 196 g/mol. The first kappa shape index (κ1) is 9.95. The van der Waals surface area contributed by atoms with Gasteiger partial charge in [-0.05, 0) is 30.8 Å². The van der Waals surface area contributed by atoms with Crippen molar-refractivity contribution in [2.45, 2.75) is 6.92 Å². The smallest absolute Gasteiger partial charge is 0.172 e. The Morgan fingerprint density at radius 3 is 2.77 bits per heavy atom. The second kappa shape index (κ2) is 4.79. The lowest BCUT2D eigenvalue weighted by atomic mass is 10.2. The first-order valence-corrected chi connectivity index (χ1v) is 4.36. The van der Waals surface area contributed by atoms with Crippen LogP contribution in [0.5, 0.6) is 0 Å². The summed E-state index contributed by atoms with van der Waals surface area (Å²) in [5.74, 6) is 0. The maximum absolute atomic E-state index is 8.55. The van der Waals surface area contributed by atoms with Crippen LogP contribution in [0.1, 0.15) is 5.56 Å². The van der Waals surface area contributed by atoms with Crippen LogP contribution in [0.4, 0.5) is 5.69 Å². The lowest BCUT2D eigenvalue weighted by Crippen LogP contribution is -2.29. The molecule has 1 rings (SSSR count). The third kappa shape index (κ3) is 3.01. The molecule has 0 amide bonds. The summed E-state index contributed by atoms with van der Waals surface area (Å²) in [5, 5.41) is 14.5. The Bertz CT molecular complexity index is 301. The summed E-state index contributed by atoms with van der Waals surface area (Å²) >= 11 is 4.91. The van der Waals surface area contributed by atoms with E-state index in [1.807, 2.05) is 31.2 Å². The van der Waals surface area contributed by atoms with Crippen molar-refractivity contribution >= 4 is 23.0 Å². The predicted molar refractivity (Wildman–Crippen MR) is 57.6 cm³/mol. The van der Waals surface area contributed by atoms with Crippen LogP contribution < -0.4 is 10.6 Å². The van der Waals surface area contributed by atoms with Gasteiger partial charge in [-0.15, -0.1) is 0 Å². The lowest BCUT2D eigenvalue weighted by Gasteiger charge is -2.10. The summed E-state index contributed by atoms with van der Waals surface area (Å²) in [6.45, 7) is 1.83. The van der Waals surface area contributed by atoms with Crippen molar-refractivity contribution < 1.29 is 5.11 Å². The minimum atomic E-state index is -0.155. The fraction of sp³-hybridized carbons (Fsp3) is 0.222. The number of benzene rings is 1. The van der Waals surface area contributed by atoms with Gasteiger partial charge in [0.05, 0.1) is 0 Å². The number of para-hydroxylation sites is 1. The first-order valence-electron chi connectivity index (χ1n) is 3.95. The average molecular weight is 196 g/mol. The highest BCUT2D eigenvalue weighted by Gasteiger charge is 1.97. The van der Waals surface area contributed by atoms with E-state index in [0.717, 1.165) is 11.3 Å². The minimum absolute atomic E-state index is 0.155. The first-order chi connectivity index (χ1) is 6.24. The van der Waals surface area contributed by atoms with Gasteiger partial charge in [-0.1, -0.05) is 18.2 Å². The van der Waals surface area contributed by atoms with Gasteiger partial charge >= 0.3 is 0 Å². The van der Waals surface area contributed by atoms with Gasteiger partial charge in [-0.25, -0.2) is 0 Å². The standard InChI is InChI=1S/C9H12N2OS/c1-7-4-2-3-5-8(7)11-9(13)10-6-12/h2-5,12H,6H2,1H3,(H2,10,11,13). The Morgan fingerprint density at radius 2 is 2.15 bits per heavy atom. The SMILES string of the molecule is Cc1ccccc1NC(=S)NCO. The summed E-state index contributed by atoms with van der Waals surface area (Å²) < 4.78 is 0. The van der Waals surface area contributed by atoms with E-state index in [9.17, 15) is 0 Å². The number of anilines is 1. The van der Waals surface area contributed by atoms with E-state index in [0.29, 0.717) is 5.11 Å². The largest absolute Gasteiger partial charge is 0.377 e. The van der Waals surface area contributed by atoms with Crippen molar-refractivity contribution in [2.24, 2.45) is 0 Å². The molecule has 13 heavy (non-hydrogen) atoms. The normalized spacial score (nSPS) is 9.38. The minimum Gasteiger partial charge on any atom is -0.377 e. The summed E-state index contributed by atoms with van der Waals surface area (Å²) in [6, 6.07) is 7.81. The van der Waals surface area contributed by atoms with Crippen LogP contribution in [0.2, 0.25) is 0 Å². The van der Waals surface area contributed by atoms with Crippen LogP contribution in [0.15, 0.2) is 24.3 Å². The molecule has 1 aromatic carbocycles. The van der Waals surface area contributed by atoms with E-state index in [1.165, 1.54) is 0 Å². The van der Waals surface area contributed by atoms with Gasteiger partial charge in [0, 0.05) is 5.69 Å². The molecular weight excluding hydrogens is 184 g/mol. The quantitative estimate of drug-likeness (QED) is 0.492. The van der Waals surface area contributed by atoms with E-state index in [1.54, 1.807) is 0 Å². The summed E-state index contributed by atoms with van der Waals surface area (Å²) in [6.07, 6.45) is 0. The Hall–Kier alpha value is -1.13. The number of rotatable bonds is 2. The van der Waals surface area contributed by atoms with Crippen molar-refractivity contribution in [3.63, 3.8) is 0 Å². The molecule has 0 saturated heterocycles. The van der Waals surface area contributed by atoms with Crippen LogP contribution in [-0.2, 0) is 0 Å². The zero-order chi connectivity index (χ0) is 9.68. The van der Waals surface area contributed by atoms with Gasteiger partial charge in [-0.2, -0.15) is 0 Å². The van der Waals surface area contributed by atoms with E-state index in [2.05, 4.69) is 10.6 Å². The molecule has 0 saturated carbocycles. The molecule has 0 spiro atoms. The van der Waals surface area contributed by atoms with Crippen LogP contribution in [-0.4, -0.2) is 16.9 Å². The number of hydrogen-bond acceptors (Lipinski definition) is 2. The fourth-order valence-corrected chi connectivity index (χ4v) is 1.13. The van der Waals surface area contributed by atoms with Crippen molar-refractivity contribution in [1.29, 1.82) is 0 Å². The van der Waals surface area contributed by atoms with E-state index >= 15 is 0 Å². The third-order valence-corrected chi connectivity index (χ3v) is 1.88. The molecule has 0 radical (unpaired) electrons. The maximum Gasteiger partial charge on any atom is 0.172 e. The summed E-state index contributed by atoms with van der Waals surface area (Å²) in [4.78, 5) is 0. The topological polar surface area (TPSA) is 44.3 Å². The lowest BCUT2D eigenvalue weighted by molar-refractivity contribution is 0.287. The van der Waals surface area contributed by atoms with Crippen molar-refractivity contribution in [3.8, 4) is 0 Å². The zero-order valence-electron chi connectivity index (χ0n) is 7.37. The van der Waals surface area contributed by atoms with Gasteiger partial charge in [0.2, 0.25) is 0 Å². The summed E-state index contributed by atoms with van der Waals surface area (Å²) in [5.41, 5.74) is 2.07. The number of thiocarbonyl (C=S) groups is 1. The van der Waals surface area contributed by atoms with Gasteiger partial charge < -0.3 is 15.7 Å². The van der Waals surface area contributed by atoms with Gasteiger partial charge in [0.25, 0.3) is 0 Å². The molecule has 0 atom stereocenters.